The molecule has 0 radical (unpaired) electrons. The van der Waals surface area contributed by atoms with E-state index in [-0.39, 0.29) is 23.6 Å². The number of methoxy groups -OCH3 is 1. The quantitative estimate of drug-likeness (QED) is 0.674. The van der Waals surface area contributed by atoms with Gasteiger partial charge in [0.05, 0.1) is 7.11 Å². The molecule has 0 spiro atoms. The van der Waals surface area contributed by atoms with Gasteiger partial charge in [0.25, 0.3) is 0 Å². The Kier molecular flexibility index (Phi) is 8.30. The van der Waals surface area contributed by atoms with Crippen LogP contribution in [0, 0.1) is 0 Å². The Hall–Kier alpha value is -2.37. The van der Waals surface area contributed by atoms with Crippen LogP contribution in [0.2, 0.25) is 0 Å². The highest BCUT2D eigenvalue weighted by molar-refractivity contribution is 5.96. The van der Waals surface area contributed by atoms with Gasteiger partial charge in [-0.15, -0.1) is 0 Å². The molecule has 148 valence electrons. The lowest BCUT2D eigenvalue weighted by Crippen LogP contribution is -2.49. The molecule has 2 amide bonds. The van der Waals surface area contributed by atoms with Gasteiger partial charge < -0.3 is 15.0 Å². The molecule has 0 aliphatic carbocycles. The Morgan fingerprint density at radius 1 is 1.15 bits per heavy atom. The highest BCUT2D eigenvalue weighted by atomic mass is 16.5. The number of benzene rings is 1. The maximum absolute atomic E-state index is 12.4. The molecule has 0 aromatic heterocycles. The van der Waals surface area contributed by atoms with Crippen molar-refractivity contribution in [3.05, 3.63) is 29.8 Å². The summed E-state index contributed by atoms with van der Waals surface area (Å²) in [6.07, 6.45) is 4.40. The Morgan fingerprint density at radius 3 is 2.56 bits per heavy atom. The number of nitrogens with zero attached hydrogens (tertiary/aromatic N) is 1. The third-order valence-corrected chi connectivity index (χ3v) is 4.82. The maximum atomic E-state index is 12.4. The monoisotopic (exact) mass is 374 g/mol. The molecule has 2 rings (SSSR count). The van der Waals surface area contributed by atoms with E-state index in [1.807, 2.05) is 11.8 Å². The number of ether oxygens (including phenoxy) is 1. The summed E-state index contributed by atoms with van der Waals surface area (Å²) in [5.74, 6) is 0.870. The minimum absolute atomic E-state index is 0.0359. The highest BCUT2D eigenvalue weighted by Crippen LogP contribution is 2.16. The fraction of sp³-hybridized carbons (Fsp3) is 0.571. The number of nitrogens with one attached hydrogen (secondary N) is 1. The second-order valence-corrected chi connectivity index (χ2v) is 7.00. The van der Waals surface area contributed by atoms with Crippen LogP contribution in [-0.4, -0.2) is 48.7 Å². The van der Waals surface area contributed by atoms with E-state index in [1.54, 1.807) is 31.4 Å². The van der Waals surface area contributed by atoms with Crippen molar-refractivity contribution in [2.45, 2.75) is 57.9 Å². The first-order chi connectivity index (χ1) is 13.0. The van der Waals surface area contributed by atoms with E-state index in [1.165, 1.54) is 0 Å². The van der Waals surface area contributed by atoms with Crippen molar-refractivity contribution in [3.63, 3.8) is 0 Å². The molecule has 1 fully saturated rings. The first kappa shape index (κ1) is 20.9. The maximum Gasteiger partial charge on any atom is 0.222 e. The number of ketones is 1. The molecule has 27 heavy (non-hydrogen) atoms. The Morgan fingerprint density at radius 2 is 1.89 bits per heavy atom. The number of hydrogen-bond donors (Lipinski definition) is 1. The number of carbonyl (C=O) groups is 3. The lowest BCUT2D eigenvalue weighted by atomic mass is 10.0. The van der Waals surface area contributed by atoms with E-state index in [9.17, 15) is 14.4 Å². The number of likely N-dealkylation sites (tertiary alicyclic amines) is 1. The van der Waals surface area contributed by atoms with E-state index in [4.69, 9.17) is 4.74 Å². The molecule has 1 N–H and O–H groups in total. The van der Waals surface area contributed by atoms with Gasteiger partial charge in [0, 0.05) is 44.0 Å². The predicted molar refractivity (Wildman–Crippen MR) is 104 cm³/mol. The Balaban J connectivity index is 1.74. The number of carbonyl (C=O) groups excluding carboxylic acids is 3. The number of hydrogen-bond acceptors (Lipinski definition) is 4. The molecule has 1 unspecified atom stereocenters. The van der Waals surface area contributed by atoms with Crippen LogP contribution in [0.4, 0.5) is 0 Å². The fourth-order valence-corrected chi connectivity index (χ4v) is 3.33. The molecule has 0 saturated carbocycles. The third-order valence-electron chi connectivity index (χ3n) is 4.82. The smallest absolute Gasteiger partial charge is 0.222 e. The molecule has 1 aliphatic rings. The van der Waals surface area contributed by atoms with Crippen molar-refractivity contribution < 1.29 is 19.1 Å². The van der Waals surface area contributed by atoms with Crippen molar-refractivity contribution in [1.29, 1.82) is 0 Å². The highest BCUT2D eigenvalue weighted by Gasteiger charge is 2.24. The fourth-order valence-electron chi connectivity index (χ4n) is 3.33. The topological polar surface area (TPSA) is 75.7 Å². The van der Waals surface area contributed by atoms with Gasteiger partial charge in [0.15, 0.2) is 5.78 Å². The molecule has 6 nitrogen and oxygen atoms in total. The van der Waals surface area contributed by atoms with Crippen LogP contribution >= 0.6 is 0 Å². The van der Waals surface area contributed by atoms with Crippen LogP contribution in [-0.2, 0) is 9.59 Å². The molecule has 1 aromatic rings. The van der Waals surface area contributed by atoms with Crippen LogP contribution in [0.5, 0.6) is 5.75 Å². The first-order valence-electron chi connectivity index (χ1n) is 9.78. The number of piperidine rings is 1. The summed E-state index contributed by atoms with van der Waals surface area (Å²) in [6, 6.07) is 7.06. The van der Waals surface area contributed by atoms with E-state index < -0.39 is 0 Å². The van der Waals surface area contributed by atoms with E-state index in [2.05, 4.69) is 5.32 Å². The van der Waals surface area contributed by atoms with Crippen molar-refractivity contribution >= 4 is 17.6 Å². The Labute approximate surface area is 161 Å². The zero-order valence-corrected chi connectivity index (χ0v) is 16.3. The van der Waals surface area contributed by atoms with Gasteiger partial charge in [0.2, 0.25) is 11.8 Å². The SMILES string of the molecule is CCCC(=O)NC1CCCN(C(=O)CCCC(=O)c2ccc(OC)cc2)C1. The van der Waals surface area contributed by atoms with Crippen LogP contribution in [0.25, 0.3) is 0 Å². The second kappa shape index (κ2) is 10.7. The second-order valence-electron chi connectivity index (χ2n) is 7.00. The average Bonchev–Trinajstić information content (AvgIpc) is 2.68. The molecule has 1 aromatic carbocycles. The van der Waals surface area contributed by atoms with Gasteiger partial charge in [-0.05, 0) is 49.9 Å². The molecule has 6 heteroatoms. The van der Waals surface area contributed by atoms with Crippen molar-refractivity contribution in [2.24, 2.45) is 0 Å². The third kappa shape index (κ3) is 6.70. The summed E-state index contributed by atoms with van der Waals surface area (Å²) in [5.41, 5.74) is 0.639. The number of amides is 2. The lowest BCUT2D eigenvalue weighted by Gasteiger charge is -2.33. The van der Waals surface area contributed by atoms with Crippen molar-refractivity contribution in [2.75, 3.05) is 20.2 Å². The summed E-state index contributed by atoms with van der Waals surface area (Å²) >= 11 is 0. The molecule has 1 saturated heterocycles. The number of Topliss-reactive ketones (excluding diaryl/α,β-unsaturated/α-hetero) is 1. The van der Waals surface area contributed by atoms with Gasteiger partial charge in [-0.25, -0.2) is 0 Å². The Bertz CT molecular complexity index is 642. The van der Waals surface area contributed by atoms with Gasteiger partial charge in [-0.2, -0.15) is 0 Å². The van der Waals surface area contributed by atoms with Gasteiger partial charge >= 0.3 is 0 Å². The molecule has 1 atom stereocenters. The van der Waals surface area contributed by atoms with Crippen molar-refractivity contribution in [1.82, 2.24) is 10.2 Å². The summed E-state index contributed by atoms with van der Waals surface area (Å²) in [6.45, 7) is 3.27. The zero-order chi connectivity index (χ0) is 19.6. The summed E-state index contributed by atoms with van der Waals surface area (Å²) in [7, 11) is 1.59. The minimum Gasteiger partial charge on any atom is -0.497 e. The molecular formula is C21H30N2O4. The minimum atomic E-state index is 0.0359. The first-order valence-corrected chi connectivity index (χ1v) is 9.78. The molecule has 0 bridgehead atoms. The molecule has 1 heterocycles. The molecule has 1 aliphatic heterocycles. The number of rotatable bonds is 9. The average molecular weight is 374 g/mol. The summed E-state index contributed by atoms with van der Waals surface area (Å²) in [5, 5.41) is 3.01. The van der Waals surface area contributed by atoms with Crippen LogP contribution < -0.4 is 10.1 Å². The van der Waals surface area contributed by atoms with E-state index in [0.29, 0.717) is 43.5 Å². The lowest BCUT2D eigenvalue weighted by molar-refractivity contribution is -0.133. The van der Waals surface area contributed by atoms with E-state index in [0.717, 1.165) is 25.8 Å². The zero-order valence-electron chi connectivity index (χ0n) is 16.3. The largest absolute Gasteiger partial charge is 0.497 e. The van der Waals surface area contributed by atoms with Crippen molar-refractivity contribution in [3.8, 4) is 5.75 Å². The summed E-state index contributed by atoms with van der Waals surface area (Å²) in [4.78, 5) is 38.2. The molecular weight excluding hydrogens is 344 g/mol. The summed E-state index contributed by atoms with van der Waals surface area (Å²) < 4.78 is 5.09. The normalized spacial score (nSPS) is 16.7. The van der Waals surface area contributed by atoms with E-state index >= 15 is 0 Å². The van der Waals surface area contributed by atoms with Crippen LogP contribution in [0.1, 0.15) is 62.2 Å². The van der Waals surface area contributed by atoms with Gasteiger partial charge in [-0.3, -0.25) is 14.4 Å². The standard InChI is InChI=1S/C21H30N2O4/c1-3-6-20(25)22-17-7-5-14-23(15-17)21(26)9-4-8-19(24)16-10-12-18(27-2)13-11-16/h10-13,17H,3-9,14-15H2,1-2H3,(H,22,25). The van der Waals surface area contributed by atoms with Gasteiger partial charge in [-0.1, -0.05) is 6.92 Å². The van der Waals surface area contributed by atoms with Crippen LogP contribution in [0.3, 0.4) is 0 Å². The van der Waals surface area contributed by atoms with Crippen LogP contribution in [0.15, 0.2) is 24.3 Å². The predicted octanol–water partition coefficient (Wildman–Crippen LogP) is 2.96. The van der Waals surface area contributed by atoms with Gasteiger partial charge in [0.1, 0.15) is 5.75 Å².